The van der Waals surface area contributed by atoms with Gasteiger partial charge in [-0.3, -0.25) is 4.98 Å². The summed E-state index contributed by atoms with van der Waals surface area (Å²) in [6.45, 7) is 6.02. The van der Waals surface area contributed by atoms with Crippen LogP contribution in [0.2, 0.25) is 0 Å². The Morgan fingerprint density at radius 1 is 0.971 bits per heavy atom. The molecule has 5 rings (SSSR count). The number of hydrogen-bond acceptors (Lipinski definition) is 2. The second-order valence-electron chi connectivity index (χ2n) is 8.57. The van der Waals surface area contributed by atoms with Gasteiger partial charge in [0.1, 0.15) is 5.82 Å². The van der Waals surface area contributed by atoms with Crippen molar-refractivity contribution in [3.63, 3.8) is 0 Å². The van der Waals surface area contributed by atoms with Crippen molar-refractivity contribution < 1.29 is 4.39 Å². The number of hydrogen-bond donors (Lipinski definition) is 1. The predicted molar refractivity (Wildman–Crippen MR) is 142 cm³/mol. The summed E-state index contributed by atoms with van der Waals surface area (Å²) in [5.41, 5.74) is 6.82. The lowest BCUT2D eigenvalue weighted by Gasteiger charge is -2.28. The zero-order valence-corrected chi connectivity index (χ0v) is 21.5. The number of rotatable bonds is 4. The first-order chi connectivity index (χ1) is 16.3. The van der Waals surface area contributed by atoms with E-state index in [2.05, 4.69) is 67.7 Å². The first-order valence-electron chi connectivity index (χ1n) is 11.1. The Kier molecular flexibility index (Phi) is 6.00. The molecular formula is C27H24BrFN4S. The number of pyridine rings is 1. The highest BCUT2D eigenvalue weighted by molar-refractivity contribution is 9.10. The summed E-state index contributed by atoms with van der Waals surface area (Å²) in [4.78, 5) is 6.73. The van der Waals surface area contributed by atoms with Gasteiger partial charge in [-0.25, -0.2) is 4.39 Å². The summed E-state index contributed by atoms with van der Waals surface area (Å²) < 4.78 is 17.4. The minimum Gasteiger partial charge on any atom is -0.351 e. The van der Waals surface area contributed by atoms with Crippen molar-refractivity contribution in [1.29, 1.82) is 0 Å². The molecule has 1 N–H and O–H groups in total. The van der Waals surface area contributed by atoms with E-state index in [0.29, 0.717) is 10.7 Å². The van der Waals surface area contributed by atoms with Crippen LogP contribution >= 0.6 is 28.1 Å². The van der Waals surface area contributed by atoms with Crippen LogP contribution in [0.4, 0.5) is 10.1 Å². The second-order valence-corrected chi connectivity index (χ2v) is 9.87. The van der Waals surface area contributed by atoms with Gasteiger partial charge < -0.3 is 14.8 Å². The van der Waals surface area contributed by atoms with Crippen molar-refractivity contribution in [2.75, 3.05) is 4.90 Å². The summed E-state index contributed by atoms with van der Waals surface area (Å²) >= 11 is 9.42. The molecule has 0 unspecified atom stereocenters. The summed E-state index contributed by atoms with van der Waals surface area (Å²) in [6.07, 6.45) is 1.80. The number of aryl methyl sites for hydroxylation is 2. The van der Waals surface area contributed by atoms with Crippen molar-refractivity contribution >= 4 is 38.9 Å². The summed E-state index contributed by atoms with van der Waals surface area (Å²) in [7, 11) is 0. The highest BCUT2D eigenvalue weighted by atomic mass is 79.9. The van der Waals surface area contributed by atoms with E-state index in [-0.39, 0.29) is 17.9 Å². The molecule has 2 aromatic heterocycles. The third-order valence-electron chi connectivity index (χ3n) is 6.37. The van der Waals surface area contributed by atoms with E-state index >= 15 is 0 Å². The number of nitrogens with one attached hydrogen (secondary N) is 1. The minimum atomic E-state index is -0.229. The Labute approximate surface area is 212 Å². The van der Waals surface area contributed by atoms with Crippen LogP contribution in [0.15, 0.2) is 77.4 Å². The van der Waals surface area contributed by atoms with E-state index in [9.17, 15) is 4.39 Å². The number of aromatic nitrogens is 2. The van der Waals surface area contributed by atoms with E-state index < -0.39 is 0 Å². The molecule has 34 heavy (non-hydrogen) atoms. The predicted octanol–water partition coefficient (Wildman–Crippen LogP) is 6.88. The zero-order chi connectivity index (χ0) is 24.0. The molecule has 0 radical (unpaired) electrons. The normalized spacial score (nSPS) is 17.8. The van der Waals surface area contributed by atoms with Crippen LogP contribution < -0.4 is 10.2 Å². The molecule has 2 atom stereocenters. The van der Waals surface area contributed by atoms with Crippen molar-refractivity contribution in [2.45, 2.75) is 32.9 Å². The molecule has 0 aliphatic carbocycles. The Balaban J connectivity index is 1.69. The topological polar surface area (TPSA) is 33.1 Å². The fraction of sp³-hybridized carbons (Fsp3) is 0.185. The summed E-state index contributed by atoms with van der Waals surface area (Å²) in [5.74, 6) is -0.229. The molecule has 0 spiro atoms. The number of halogens is 2. The van der Waals surface area contributed by atoms with Crippen LogP contribution in [0.5, 0.6) is 0 Å². The Morgan fingerprint density at radius 3 is 2.50 bits per heavy atom. The second kappa shape index (κ2) is 8.96. The van der Waals surface area contributed by atoms with Crippen molar-refractivity contribution in [2.24, 2.45) is 0 Å². The molecule has 7 heteroatoms. The lowest BCUT2D eigenvalue weighted by molar-refractivity contribution is 0.564. The van der Waals surface area contributed by atoms with Crippen LogP contribution in [0.3, 0.4) is 0 Å². The highest BCUT2D eigenvalue weighted by Gasteiger charge is 2.42. The van der Waals surface area contributed by atoms with Gasteiger partial charge in [-0.05, 0) is 98.7 Å². The van der Waals surface area contributed by atoms with E-state index in [1.807, 2.05) is 36.4 Å². The fourth-order valence-electron chi connectivity index (χ4n) is 4.83. The number of anilines is 1. The standard InChI is InChI=1S/C27H24BrFN4S/c1-16-13-21(10-11-23(16)29)33-26(25(31-27(33)34)24-9-4-5-12-30-24)22-14-17(2)32(18(22)3)20-8-6-7-19(28)15-20/h4-15,25-26H,1-3H3,(H,31,34)/t25-,26+/m1/s1. The van der Waals surface area contributed by atoms with Crippen molar-refractivity contribution in [1.82, 2.24) is 14.9 Å². The van der Waals surface area contributed by atoms with E-state index in [1.165, 1.54) is 6.07 Å². The Morgan fingerprint density at radius 2 is 1.79 bits per heavy atom. The Hall–Kier alpha value is -3.03. The van der Waals surface area contributed by atoms with E-state index in [4.69, 9.17) is 12.2 Å². The lowest BCUT2D eigenvalue weighted by atomic mass is 9.96. The monoisotopic (exact) mass is 534 g/mol. The Bertz CT molecular complexity index is 1380. The summed E-state index contributed by atoms with van der Waals surface area (Å²) in [5, 5.41) is 4.09. The average molecular weight is 535 g/mol. The quantitative estimate of drug-likeness (QED) is 0.289. The average Bonchev–Trinajstić information content (AvgIpc) is 3.31. The van der Waals surface area contributed by atoms with E-state index in [0.717, 1.165) is 38.5 Å². The number of benzene rings is 2. The first kappa shape index (κ1) is 22.7. The zero-order valence-electron chi connectivity index (χ0n) is 19.1. The maximum atomic E-state index is 14.1. The fourth-order valence-corrected chi connectivity index (χ4v) is 5.56. The molecular weight excluding hydrogens is 511 g/mol. The molecule has 4 nitrogen and oxygen atoms in total. The maximum absolute atomic E-state index is 14.1. The minimum absolute atomic E-state index is 0.153. The smallest absolute Gasteiger partial charge is 0.174 e. The van der Waals surface area contributed by atoms with Gasteiger partial charge in [0.25, 0.3) is 0 Å². The number of thiocarbonyl (C=S) groups is 1. The summed E-state index contributed by atoms with van der Waals surface area (Å²) in [6, 6.07) is 21.2. The highest BCUT2D eigenvalue weighted by Crippen LogP contribution is 2.44. The van der Waals surface area contributed by atoms with Crippen LogP contribution in [0.25, 0.3) is 5.69 Å². The van der Waals surface area contributed by atoms with Crippen LogP contribution in [-0.2, 0) is 0 Å². The van der Waals surface area contributed by atoms with Crippen LogP contribution in [0, 0.1) is 26.6 Å². The van der Waals surface area contributed by atoms with Gasteiger partial charge in [0.2, 0.25) is 0 Å². The third-order valence-corrected chi connectivity index (χ3v) is 7.18. The van der Waals surface area contributed by atoms with Crippen LogP contribution in [0.1, 0.15) is 40.3 Å². The van der Waals surface area contributed by atoms with Crippen molar-refractivity contribution in [3.05, 3.63) is 111 Å². The van der Waals surface area contributed by atoms with Crippen molar-refractivity contribution in [3.8, 4) is 5.69 Å². The molecule has 2 aromatic carbocycles. The molecule has 1 saturated heterocycles. The van der Waals surface area contributed by atoms with Crippen LogP contribution in [-0.4, -0.2) is 14.7 Å². The van der Waals surface area contributed by atoms with E-state index in [1.54, 1.807) is 19.2 Å². The third kappa shape index (κ3) is 3.93. The SMILES string of the molecule is Cc1cc(N2C(=S)N[C@H](c3ccccn3)[C@@H]2c2cc(C)n(-c3cccc(Br)c3)c2C)ccc1F. The molecule has 4 aromatic rings. The number of nitrogens with zero attached hydrogens (tertiary/aromatic N) is 3. The molecule has 1 aliphatic heterocycles. The maximum Gasteiger partial charge on any atom is 0.174 e. The molecule has 0 bridgehead atoms. The van der Waals surface area contributed by atoms with Gasteiger partial charge in [-0.15, -0.1) is 0 Å². The van der Waals surface area contributed by atoms with Gasteiger partial charge in [0, 0.05) is 33.4 Å². The van der Waals surface area contributed by atoms with Gasteiger partial charge >= 0.3 is 0 Å². The van der Waals surface area contributed by atoms with Gasteiger partial charge in [0.05, 0.1) is 17.8 Å². The molecule has 1 fully saturated rings. The lowest BCUT2D eigenvalue weighted by Crippen LogP contribution is -2.29. The van der Waals surface area contributed by atoms with Gasteiger partial charge in [0.15, 0.2) is 5.11 Å². The largest absolute Gasteiger partial charge is 0.351 e. The molecule has 0 saturated carbocycles. The molecule has 3 heterocycles. The van der Waals surface area contributed by atoms with Gasteiger partial charge in [-0.2, -0.15) is 0 Å². The molecule has 1 aliphatic rings. The molecule has 172 valence electrons. The first-order valence-corrected chi connectivity index (χ1v) is 12.3. The molecule has 0 amide bonds. The van der Waals surface area contributed by atoms with Gasteiger partial charge in [-0.1, -0.05) is 28.1 Å².